The van der Waals surface area contributed by atoms with Gasteiger partial charge in [-0.1, -0.05) is 11.6 Å². The van der Waals surface area contributed by atoms with Crippen molar-refractivity contribution in [3.05, 3.63) is 78.9 Å². The zero-order chi connectivity index (χ0) is 23.6. The van der Waals surface area contributed by atoms with Crippen LogP contribution in [0.2, 0.25) is 0 Å². The van der Waals surface area contributed by atoms with Crippen molar-refractivity contribution >= 4 is 33.6 Å². The van der Waals surface area contributed by atoms with E-state index in [1.807, 2.05) is 19.1 Å². The Hall–Kier alpha value is -4.20. The van der Waals surface area contributed by atoms with E-state index in [2.05, 4.69) is 4.98 Å². The number of pyridine rings is 1. The highest BCUT2D eigenvalue weighted by atomic mass is 16.5. The van der Waals surface area contributed by atoms with E-state index in [0.29, 0.717) is 11.1 Å². The third-order valence-corrected chi connectivity index (χ3v) is 6.04. The Bertz CT molecular complexity index is 1640. The number of benzene rings is 2. The molecule has 1 unspecified atom stereocenters. The van der Waals surface area contributed by atoms with Crippen molar-refractivity contribution in [1.29, 1.82) is 0 Å². The number of hydrogen-bond donors (Lipinski definition) is 2. The van der Waals surface area contributed by atoms with Crippen molar-refractivity contribution in [2.24, 2.45) is 0 Å². The number of fused-ring (bicyclic) bond motifs is 4. The Labute approximate surface area is 186 Å². The highest BCUT2D eigenvalue weighted by molar-refractivity contribution is 6.09. The summed E-state index contributed by atoms with van der Waals surface area (Å²) < 4.78 is 10.9. The van der Waals surface area contributed by atoms with Crippen molar-refractivity contribution in [3.63, 3.8) is 0 Å². The summed E-state index contributed by atoms with van der Waals surface area (Å²) in [6, 6.07) is 8.46. The molecule has 0 radical (unpaired) electrons. The maximum atomic E-state index is 13.1. The molecule has 4 aromatic rings. The summed E-state index contributed by atoms with van der Waals surface area (Å²) in [5.74, 6) is -2.69. The van der Waals surface area contributed by atoms with Crippen molar-refractivity contribution in [3.8, 4) is 11.5 Å². The van der Waals surface area contributed by atoms with Crippen LogP contribution in [-0.4, -0.2) is 21.8 Å². The second-order valence-electron chi connectivity index (χ2n) is 8.35. The van der Waals surface area contributed by atoms with Gasteiger partial charge in [0.1, 0.15) is 16.9 Å². The minimum atomic E-state index is -0.860. The fourth-order valence-corrected chi connectivity index (χ4v) is 4.60. The lowest BCUT2D eigenvalue weighted by molar-refractivity contribution is -0.135. The molecule has 0 spiro atoms. The van der Waals surface area contributed by atoms with Crippen LogP contribution in [-0.2, 0) is 4.79 Å². The van der Waals surface area contributed by atoms with Crippen molar-refractivity contribution < 1.29 is 23.8 Å². The normalized spacial score (nSPS) is 15.5. The molecule has 0 fully saturated rings. The van der Waals surface area contributed by atoms with Gasteiger partial charge >= 0.3 is 11.6 Å². The molecule has 3 heterocycles. The molecule has 1 aliphatic heterocycles. The number of aromatic hydroxyl groups is 1. The number of carbonyl (C=O) groups is 2. The summed E-state index contributed by atoms with van der Waals surface area (Å²) in [5, 5.41) is 11.8. The number of carbonyl (C=O) groups excluding carboxylic acids is 2. The van der Waals surface area contributed by atoms with Crippen LogP contribution in [0, 0.1) is 13.8 Å². The summed E-state index contributed by atoms with van der Waals surface area (Å²) in [5.41, 5.74) is 1.19. The number of aryl methyl sites for hydroxylation is 2. The number of esters is 1. The number of ketones is 1. The maximum absolute atomic E-state index is 13.1. The van der Waals surface area contributed by atoms with Gasteiger partial charge in [0.2, 0.25) is 0 Å². The van der Waals surface area contributed by atoms with Crippen LogP contribution in [0.1, 0.15) is 51.9 Å². The molecular formula is C25H19NO7. The summed E-state index contributed by atoms with van der Waals surface area (Å²) >= 11 is 0. The van der Waals surface area contributed by atoms with E-state index < -0.39 is 34.6 Å². The number of phenols is 1. The molecule has 5 rings (SSSR count). The van der Waals surface area contributed by atoms with E-state index in [1.165, 1.54) is 13.0 Å². The topological polar surface area (TPSA) is 127 Å². The largest absolute Gasteiger partial charge is 0.506 e. The number of aromatic amines is 1. The molecule has 8 nitrogen and oxygen atoms in total. The lowest BCUT2D eigenvalue weighted by atomic mass is 9.83. The molecule has 33 heavy (non-hydrogen) atoms. The van der Waals surface area contributed by atoms with E-state index in [0.717, 1.165) is 10.9 Å². The van der Waals surface area contributed by atoms with Gasteiger partial charge in [0.25, 0.3) is 5.56 Å². The van der Waals surface area contributed by atoms with Gasteiger partial charge in [0, 0.05) is 28.6 Å². The van der Waals surface area contributed by atoms with Crippen molar-refractivity contribution in [2.45, 2.75) is 33.1 Å². The lowest BCUT2D eigenvalue weighted by Crippen LogP contribution is -2.27. The SMILES string of the molecule is CC(=O)c1c2c(c3oc(=O)cc(C)c3c1O)C(c1cc3cc(C)ccc3[nH]c1=O)CC(=O)O2. The van der Waals surface area contributed by atoms with Gasteiger partial charge in [-0.15, -0.1) is 0 Å². The first-order chi connectivity index (χ1) is 15.7. The van der Waals surface area contributed by atoms with Gasteiger partial charge in [0.15, 0.2) is 11.5 Å². The molecular weight excluding hydrogens is 426 g/mol. The molecule has 1 atom stereocenters. The Morgan fingerprint density at radius 3 is 2.61 bits per heavy atom. The summed E-state index contributed by atoms with van der Waals surface area (Å²) in [6.45, 7) is 4.76. The van der Waals surface area contributed by atoms with Crippen LogP contribution < -0.4 is 15.9 Å². The molecule has 8 heteroatoms. The van der Waals surface area contributed by atoms with Crippen molar-refractivity contribution in [1.82, 2.24) is 4.98 Å². The number of rotatable bonds is 2. The Morgan fingerprint density at radius 1 is 1.12 bits per heavy atom. The van der Waals surface area contributed by atoms with Gasteiger partial charge in [0.05, 0.1) is 11.8 Å². The second kappa shape index (κ2) is 7.16. The van der Waals surface area contributed by atoms with Gasteiger partial charge in [-0.2, -0.15) is 0 Å². The first-order valence-electron chi connectivity index (χ1n) is 10.3. The fourth-order valence-electron chi connectivity index (χ4n) is 4.60. The number of aromatic nitrogens is 1. The average molecular weight is 445 g/mol. The molecule has 2 aromatic carbocycles. The minimum Gasteiger partial charge on any atom is -0.506 e. The Balaban J connectivity index is 1.94. The molecule has 0 saturated carbocycles. The van der Waals surface area contributed by atoms with Crippen LogP contribution in [0.4, 0.5) is 0 Å². The molecule has 1 aliphatic rings. The smallest absolute Gasteiger partial charge is 0.336 e. The first-order valence-corrected chi connectivity index (χ1v) is 10.3. The van der Waals surface area contributed by atoms with Gasteiger partial charge in [-0.05, 0) is 49.9 Å². The molecule has 0 amide bonds. The van der Waals surface area contributed by atoms with E-state index >= 15 is 0 Å². The van der Waals surface area contributed by atoms with Gasteiger partial charge < -0.3 is 19.2 Å². The molecule has 2 aromatic heterocycles. The maximum Gasteiger partial charge on any atom is 0.336 e. The van der Waals surface area contributed by atoms with Crippen LogP contribution >= 0.6 is 0 Å². The van der Waals surface area contributed by atoms with Crippen LogP contribution in [0.25, 0.3) is 21.9 Å². The predicted octanol–water partition coefficient (Wildman–Crippen LogP) is 3.60. The highest BCUT2D eigenvalue weighted by Crippen LogP contribution is 2.49. The van der Waals surface area contributed by atoms with E-state index in [4.69, 9.17) is 9.15 Å². The number of phenolic OH excluding ortho intramolecular Hbond substituents is 1. The predicted molar refractivity (Wildman–Crippen MR) is 120 cm³/mol. The van der Waals surface area contributed by atoms with Gasteiger partial charge in [-0.25, -0.2) is 4.79 Å². The van der Waals surface area contributed by atoms with Crippen molar-refractivity contribution in [2.75, 3.05) is 0 Å². The third kappa shape index (κ3) is 3.14. The molecule has 0 bridgehead atoms. The standard InChI is InChI=1S/C25H19NO7/c1-10-4-5-16-13(6-10)8-15(25(31)26-16)14-9-18(29)33-24-20(12(3)27)22(30)19-11(2)7-17(28)32-23(19)21(14)24/h4-8,14,30H,9H2,1-3H3,(H,26,31). The Morgan fingerprint density at radius 2 is 1.88 bits per heavy atom. The van der Waals surface area contributed by atoms with E-state index in [9.17, 15) is 24.3 Å². The van der Waals surface area contributed by atoms with Gasteiger partial charge in [-0.3, -0.25) is 14.4 Å². The molecule has 166 valence electrons. The van der Waals surface area contributed by atoms with Crippen LogP contribution in [0.5, 0.6) is 11.5 Å². The lowest BCUT2D eigenvalue weighted by Gasteiger charge is -2.27. The zero-order valence-electron chi connectivity index (χ0n) is 18.1. The minimum absolute atomic E-state index is 0.0151. The average Bonchev–Trinajstić information content (AvgIpc) is 2.72. The van der Waals surface area contributed by atoms with Crippen LogP contribution in [0.3, 0.4) is 0 Å². The molecule has 0 aliphatic carbocycles. The van der Waals surface area contributed by atoms with Crippen LogP contribution in [0.15, 0.2) is 44.3 Å². The number of ether oxygens (including phenoxy) is 1. The monoisotopic (exact) mass is 445 g/mol. The quantitative estimate of drug-likeness (QED) is 0.209. The molecule has 2 N–H and O–H groups in total. The summed E-state index contributed by atoms with van der Waals surface area (Å²) in [7, 11) is 0. The second-order valence-corrected chi connectivity index (χ2v) is 8.35. The van der Waals surface area contributed by atoms with E-state index in [-0.39, 0.29) is 39.8 Å². The summed E-state index contributed by atoms with van der Waals surface area (Å²) in [4.78, 5) is 53.2. The number of nitrogens with one attached hydrogen (secondary N) is 1. The number of H-pyrrole nitrogens is 1. The number of hydrogen-bond acceptors (Lipinski definition) is 7. The highest BCUT2D eigenvalue weighted by Gasteiger charge is 2.38. The van der Waals surface area contributed by atoms with E-state index in [1.54, 1.807) is 19.1 Å². The number of Topliss-reactive ketones (excluding diaryl/α,β-unsaturated/α-hetero) is 1. The fraction of sp³-hybridized carbons (Fsp3) is 0.200. The Kier molecular flexibility index (Phi) is 4.49. The third-order valence-electron chi connectivity index (χ3n) is 6.04. The first kappa shape index (κ1) is 20.7. The molecule has 0 saturated heterocycles. The summed E-state index contributed by atoms with van der Waals surface area (Å²) in [6.07, 6.45) is -0.206. The zero-order valence-corrected chi connectivity index (χ0v) is 18.1.